The van der Waals surface area contributed by atoms with Crippen LogP contribution in [-0.4, -0.2) is 5.78 Å². The highest BCUT2D eigenvalue weighted by Crippen LogP contribution is 2.40. The summed E-state index contributed by atoms with van der Waals surface area (Å²) in [7, 11) is 0. The summed E-state index contributed by atoms with van der Waals surface area (Å²) in [6, 6.07) is 2.07. The summed E-state index contributed by atoms with van der Waals surface area (Å²) in [6.45, 7) is 0. The number of carbonyl (C=O) groups is 1. The molecule has 0 atom stereocenters. The highest BCUT2D eigenvalue weighted by Gasteiger charge is 2.29. The summed E-state index contributed by atoms with van der Waals surface area (Å²) in [4.78, 5) is 12.7. The van der Waals surface area contributed by atoms with Crippen molar-refractivity contribution < 1.29 is 4.79 Å². The van der Waals surface area contributed by atoms with E-state index in [0.29, 0.717) is 0 Å². The smallest absolute Gasteiger partial charge is 0.203 e. The van der Waals surface area contributed by atoms with Crippen LogP contribution >= 0.6 is 11.3 Å². The van der Waals surface area contributed by atoms with Crippen molar-refractivity contribution in [2.75, 3.05) is 0 Å². The molecular weight excluding hydrogens is 180 g/mol. The van der Waals surface area contributed by atoms with Gasteiger partial charge in [-0.2, -0.15) is 0 Å². The average Bonchev–Trinajstić information content (AvgIpc) is 2.72. The van der Waals surface area contributed by atoms with Crippen molar-refractivity contribution >= 4 is 22.7 Å². The van der Waals surface area contributed by atoms with Crippen molar-refractivity contribution in [3.8, 4) is 0 Å². The van der Waals surface area contributed by atoms with Gasteiger partial charge in [0.15, 0.2) is 0 Å². The number of rotatable bonds is 0. The van der Waals surface area contributed by atoms with E-state index in [1.165, 1.54) is 11.1 Å². The molecule has 3 rings (SSSR count). The fourth-order valence-electron chi connectivity index (χ4n) is 2.00. The van der Waals surface area contributed by atoms with Gasteiger partial charge >= 0.3 is 0 Å². The molecule has 0 aromatic carbocycles. The lowest BCUT2D eigenvalue weighted by Gasteiger charge is -2.06. The van der Waals surface area contributed by atoms with Crippen LogP contribution in [0.1, 0.15) is 28.1 Å². The van der Waals surface area contributed by atoms with Crippen molar-refractivity contribution in [2.45, 2.75) is 12.8 Å². The minimum absolute atomic E-state index is 0.232. The van der Waals surface area contributed by atoms with Gasteiger partial charge in [0.05, 0.1) is 4.88 Å². The molecule has 0 amide bonds. The van der Waals surface area contributed by atoms with E-state index in [2.05, 4.69) is 12.1 Å². The van der Waals surface area contributed by atoms with E-state index >= 15 is 0 Å². The average molecular weight is 188 g/mol. The molecule has 2 aliphatic carbocycles. The first-order valence-corrected chi connectivity index (χ1v) is 5.28. The Morgan fingerprint density at radius 2 is 2.31 bits per heavy atom. The van der Waals surface area contributed by atoms with Crippen molar-refractivity contribution in [3.63, 3.8) is 0 Å². The molecule has 0 fully saturated rings. The second kappa shape index (κ2) is 2.42. The number of Topliss-reactive ketones (excluding diaryl/α,β-unsaturated/α-hetero) is 1. The third kappa shape index (κ3) is 0.838. The van der Waals surface area contributed by atoms with Crippen LogP contribution in [0, 0.1) is 0 Å². The van der Waals surface area contributed by atoms with Crippen LogP contribution in [0.4, 0.5) is 0 Å². The Morgan fingerprint density at radius 3 is 3.23 bits per heavy atom. The van der Waals surface area contributed by atoms with Gasteiger partial charge in [0, 0.05) is 11.1 Å². The second-order valence-corrected chi connectivity index (χ2v) is 4.24. The summed E-state index contributed by atoms with van der Waals surface area (Å²) in [5, 5.41) is 2.00. The Balaban J connectivity index is 2.28. The maximum atomic E-state index is 11.8. The van der Waals surface area contributed by atoms with E-state index in [1.807, 2.05) is 11.5 Å². The van der Waals surface area contributed by atoms with Crippen molar-refractivity contribution in [1.82, 2.24) is 0 Å². The third-order valence-electron chi connectivity index (χ3n) is 2.61. The Hall–Kier alpha value is -1.15. The van der Waals surface area contributed by atoms with Gasteiger partial charge in [0.1, 0.15) is 0 Å². The Kier molecular flexibility index (Phi) is 1.35. The van der Waals surface area contributed by atoms with E-state index in [-0.39, 0.29) is 5.78 Å². The van der Waals surface area contributed by atoms with Gasteiger partial charge in [0.2, 0.25) is 5.78 Å². The molecule has 13 heavy (non-hydrogen) atoms. The summed E-state index contributed by atoms with van der Waals surface area (Å²) < 4.78 is 0. The monoisotopic (exact) mass is 188 g/mol. The molecule has 2 heteroatoms. The summed E-state index contributed by atoms with van der Waals surface area (Å²) in [5.41, 5.74) is 3.39. The van der Waals surface area contributed by atoms with Crippen molar-refractivity contribution in [2.24, 2.45) is 0 Å². The molecule has 0 saturated heterocycles. The number of ketones is 1. The number of hydrogen-bond donors (Lipinski definition) is 0. The lowest BCUT2D eigenvalue weighted by atomic mass is 9.97. The van der Waals surface area contributed by atoms with E-state index in [9.17, 15) is 4.79 Å². The van der Waals surface area contributed by atoms with Crippen LogP contribution in [-0.2, 0) is 0 Å². The van der Waals surface area contributed by atoms with Gasteiger partial charge < -0.3 is 0 Å². The molecule has 2 aliphatic rings. The van der Waals surface area contributed by atoms with Crippen LogP contribution in [0.5, 0.6) is 0 Å². The molecule has 0 aliphatic heterocycles. The highest BCUT2D eigenvalue weighted by molar-refractivity contribution is 7.12. The molecule has 1 nitrogen and oxygen atoms in total. The number of fused-ring (bicyclic) bond motifs is 2. The van der Waals surface area contributed by atoms with Crippen LogP contribution in [0.15, 0.2) is 29.2 Å². The Bertz CT molecular complexity index is 448. The molecule has 1 heterocycles. The van der Waals surface area contributed by atoms with E-state index in [1.54, 1.807) is 11.3 Å². The zero-order valence-electron chi connectivity index (χ0n) is 7.04. The number of thiophene rings is 1. The largest absolute Gasteiger partial charge is 0.288 e. The summed E-state index contributed by atoms with van der Waals surface area (Å²) >= 11 is 1.56. The third-order valence-corrected chi connectivity index (χ3v) is 3.53. The first-order valence-electron chi connectivity index (χ1n) is 4.40. The fraction of sp³-hybridized carbons (Fsp3) is 0.182. The van der Waals surface area contributed by atoms with Crippen LogP contribution in [0.3, 0.4) is 0 Å². The number of carbonyl (C=O) groups excluding carboxylic acids is 1. The van der Waals surface area contributed by atoms with Gasteiger partial charge in [-0.15, -0.1) is 11.3 Å². The van der Waals surface area contributed by atoms with Crippen LogP contribution in [0.25, 0.3) is 5.57 Å². The van der Waals surface area contributed by atoms with Gasteiger partial charge in [-0.25, -0.2) is 0 Å². The van der Waals surface area contributed by atoms with Gasteiger partial charge in [-0.05, 0) is 29.9 Å². The second-order valence-electron chi connectivity index (χ2n) is 3.33. The van der Waals surface area contributed by atoms with E-state index < -0.39 is 0 Å². The molecular formula is C11H8OS. The topological polar surface area (TPSA) is 17.1 Å². The molecule has 0 N–H and O–H groups in total. The molecule has 1 aromatic rings. The summed E-state index contributed by atoms with van der Waals surface area (Å²) in [5.74, 6) is 0.232. The first-order chi connectivity index (χ1) is 6.38. The molecule has 0 saturated carbocycles. The quantitative estimate of drug-likeness (QED) is 0.611. The molecule has 0 radical (unpaired) electrons. The minimum Gasteiger partial charge on any atom is -0.288 e. The summed E-state index contributed by atoms with van der Waals surface area (Å²) in [6.07, 6.45) is 6.17. The predicted molar refractivity (Wildman–Crippen MR) is 53.9 cm³/mol. The van der Waals surface area contributed by atoms with E-state index in [4.69, 9.17) is 0 Å². The van der Waals surface area contributed by atoms with Crippen LogP contribution < -0.4 is 0 Å². The zero-order chi connectivity index (χ0) is 8.84. The maximum absolute atomic E-state index is 11.8. The highest BCUT2D eigenvalue weighted by atomic mass is 32.1. The molecule has 0 spiro atoms. The minimum atomic E-state index is 0.232. The zero-order valence-corrected chi connectivity index (χ0v) is 7.86. The van der Waals surface area contributed by atoms with Gasteiger partial charge in [-0.3, -0.25) is 4.79 Å². The first kappa shape index (κ1) is 7.27. The Morgan fingerprint density at radius 1 is 1.38 bits per heavy atom. The van der Waals surface area contributed by atoms with Gasteiger partial charge in [-0.1, -0.05) is 12.2 Å². The van der Waals surface area contributed by atoms with Crippen molar-refractivity contribution in [1.29, 1.82) is 0 Å². The fourth-order valence-corrected chi connectivity index (χ4v) is 2.88. The van der Waals surface area contributed by atoms with Crippen LogP contribution in [0.2, 0.25) is 0 Å². The molecule has 1 aromatic heterocycles. The predicted octanol–water partition coefficient (Wildman–Crippen LogP) is 3.05. The SMILES string of the molecule is O=C1C2=C(CCC=C2)c2ccsc21. The lowest BCUT2D eigenvalue weighted by Crippen LogP contribution is -1.95. The Labute approximate surface area is 80.4 Å². The molecule has 0 unspecified atom stereocenters. The lowest BCUT2D eigenvalue weighted by molar-refractivity contribution is 0.104. The number of allylic oxidation sites excluding steroid dienone is 4. The maximum Gasteiger partial charge on any atom is 0.203 e. The van der Waals surface area contributed by atoms with E-state index in [0.717, 1.165) is 23.3 Å². The standard InChI is InChI=1S/C11H8OS/c12-10-8-4-2-1-3-7(8)9-5-6-13-11(9)10/h2,4-6H,1,3H2. The molecule has 0 bridgehead atoms. The van der Waals surface area contributed by atoms with Gasteiger partial charge in [0.25, 0.3) is 0 Å². The number of hydrogen-bond acceptors (Lipinski definition) is 2. The normalized spacial score (nSPS) is 19.2. The molecule has 64 valence electrons. The van der Waals surface area contributed by atoms with Crippen molar-refractivity contribution in [3.05, 3.63) is 39.6 Å².